The van der Waals surface area contributed by atoms with Gasteiger partial charge in [-0.25, -0.2) is 0 Å². The van der Waals surface area contributed by atoms with Crippen LogP contribution in [0.3, 0.4) is 0 Å². The summed E-state index contributed by atoms with van der Waals surface area (Å²) in [4.78, 5) is 25.0. The van der Waals surface area contributed by atoms with Crippen molar-refractivity contribution in [2.24, 2.45) is 11.7 Å². The summed E-state index contributed by atoms with van der Waals surface area (Å²) in [6, 6.07) is 7.48. The Labute approximate surface area is 114 Å². The quantitative estimate of drug-likeness (QED) is 0.759. The SMILES string of the molecule is Cc1cccc(C(=O)CN(CC(N)=O)CC(C)C)c1. The number of benzene rings is 1. The zero-order chi connectivity index (χ0) is 14.4. The van der Waals surface area contributed by atoms with Crippen molar-refractivity contribution in [3.63, 3.8) is 0 Å². The third kappa shape index (κ3) is 5.66. The number of hydrogen-bond donors (Lipinski definition) is 1. The van der Waals surface area contributed by atoms with Crippen LogP contribution in [-0.2, 0) is 4.79 Å². The molecular formula is C15H22N2O2. The molecule has 2 N–H and O–H groups in total. The largest absolute Gasteiger partial charge is 0.369 e. The summed E-state index contributed by atoms with van der Waals surface area (Å²) in [6.07, 6.45) is 0. The highest BCUT2D eigenvalue weighted by atomic mass is 16.1. The predicted octanol–water partition coefficient (Wildman–Crippen LogP) is 1.62. The molecule has 0 saturated heterocycles. The summed E-state index contributed by atoms with van der Waals surface area (Å²) in [5, 5.41) is 0. The van der Waals surface area contributed by atoms with Gasteiger partial charge in [0, 0.05) is 12.1 Å². The molecule has 0 aliphatic rings. The molecule has 0 bridgehead atoms. The van der Waals surface area contributed by atoms with Gasteiger partial charge in [0.25, 0.3) is 0 Å². The van der Waals surface area contributed by atoms with Crippen LogP contribution in [-0.4, -0.2) is 36.2 Å². The Morgan fingerprint density at radius 1 is 1.26 bits per heavy atom. The van der Waals surface area contributed by atoms with E-state index in [1.165, 1.54) is 0 Å². The molecular weight excluding hydrogens is 240 g/mol. The fourth-order valence-corrected chi connectivity index (χ4v) is 2.03. The van der Waals surface area contributed by atoms with E-state index in [-0.39, 0.29) is 18.9 Å². The summed E-state index contributed by atoms with van der Waals surface area (Å²) in [7, 11) is 0. The number of carbonyl (C=O) groups excluding carboxylic acids is 2. The summed E-state index contributed by atoms with van der Waals surface area (Å²) < 4.78 is 0. The van der Waals surface area contributed by atoms with Crippen LogP contribution in [0, 0.1) is 12.8 Å². The number of Topliss-reactive ketones (excluding diaryl/α,β-unsaturated/α-hetero) is 1. The summed E-state index contributed by atoms with van der Waals surface area (Å²) in [6.45, 7) is 7.07. The number of nitrogens with zero attached hydrogens (tertiary/aromatic N) is 1. The lowest BCUT2D eigenvalue weighted by molar-refractivity contribution is -0.119. The van der Waals surface area contributed by atoms with Crippen LogP contribution < -0.4 is 5.73 Å². The first-order valence-electron chi connectivity index (χ1n) is 6.49. The van der Waals surface area contributed by atoms with Gasteiger partial charge in [0.05, 0.1) is 13.1 Å². The zero-order valence-electron chi connectivity index (χ0n) is 11.8. The lowest BCUT2D eigenvalue weighted by Crippen LogP contribution is -2.39. The highest BCUT2D eigenvalue weighted by Crippen LogP contribution is 2.07. The predicted molar refractivity (Wildman–Crippen MR) is 76.0 cm³/mol. The third-order valence-corrected chi connectivity index (χ3v) is 2.71. The van der Waals surface area contributed by atoms with Gasteiger partial charge in [-0.3, -0.25) is 14.5 Å². The van der Waals surface area contributed by atoms with E-state index in [4.69, 9.17) is 5.73 Å². The van der Waals surface area contributed by atoms with Crippen LogP contribution in [0.5, 0.6) is 0 Å². The first-order chi connectivity index (χ1) is 8.88. The van der Waals surface area contributed by atoms with E-state index < -0.39 is 5.91 Å². The molecule has 0 aliphatic carbocycles. The average Bonchev–Trinajstić information content (AvgIpc) is 2.26. The fourth-order valence-electron chi connectivity index (χ4n) is 2.03. The van der Waals surface area contributed by atoms with E-state index in [2.05, 4.69) is 0 Å². The third-order valence-electron chi connectivity index (χ3n) is 2.71. The van der Waals surface area contributed by atoms with Crippen LogP contribution in [0.25, 0.3) is 0 Å². The first-order valence-corrected chi connectivity index (χ1v) is 6.49. The molecule has 0 atom stereocenters. The molecule has 0 radical (unpaired) electrons. The maximum atomic E-state index is 12.2. The average molecular weight is 262 g/mol. The summed E-state index contributed by atoms with van der Waals surface area (Å²) >= 11 is 0. The number of hydrogen-bond acceptors (Lipinski definition) is 3. The highest BCUT2D eigenvalue weighted by Gasteiger charge is 2.15. The van der Waals surface area contributed by atoms with Gasteiger partial charge >= 0.3 is 0 Å². The minimum atomic E-state index is -0.405. The van der Waals surface area contributed by atoms with Crippen LogP contribution in [0.2, 0.25) is 0 Å². The maximum absolute atomic E-state index is 12.2. The van der Waals surface area contributed by atoms with Crippen molar-refractivity contribution in [3.8, 4) is 0 Å². The molecule has 4 nitrogen and oxygen atoms in total. The Hall–Kier alpha value is -1.68. The first kappa shape index (κ1) is 15.4. The molecule has 1 amide bonds. The molecule has 4 heteroatoms. The minimum absolute atomic E-state index is 0.0191. The number of amides is 1. The van der Waals surface area contributed by atoms with E-state index in [1.54, 1.807) is 11.0 Å². The second-order valence-electron chi connectivity index (χ2n) is 5.32. The molecule has 0 heterocycles. The molecule has 0 aromatic heterocycles. The summed E-state index contributed by atoms with van der Waals surface area (Å²) in [5.74, 6) is -0.00653. The standard InChI is InChI=1S/C15H22N2O2/c1-11(2)8-17(10-15(16)19)9-14(18)13-6-4-5-12(3)7-13/h4-7,11H,8-10H2,1-3H3,(H2,16,19). The number of carbonyl (C=O) groups is 2. The van der Waals surface area contributed by atoms with Crippen molar-refractivity contribution < 1.29 is 9.59 Å². The van der Waals surface area contributed by atoms with Gasteiger partial charge in [0.2, 0.25) is 5.91 Å². The van der Waals surface area contributed by atoms with Crippen LogP contribution in [0.4, 0.5) is 0 Å². The van der Waals surface area contributed by atoms with Crippen molar-refractivity contribution >= 4 is 11.7 Å². The number of nitrogens with two attached hydrogens (primary N) is 1. The van der Waals surface area contributed by atoms with Crippen molar-refractivity contribution in [1.82, 2.24) is 4.90 Å². The van der Waals surface area contributed by atoms with E-state index in [0.29, 0.717) is 18.0 Å². The lowest BCUT2D eigenvalue weighted by atomic mass is 10.1. The van der Waals surface area contributed by atoms with Crippen molar-refractivity contribution in [1.29, 1.82) is 0 Å². The monoisotopic (exact) mass is 262 g/mol. The van der Waals surface area contributed by atoms with Gasteiger partial charge in [0.1, 0.15) is 0 Å². The van der Waals surface area contributed by atoms with E-state index in [1.807, 2.05) is 39.0 Å². The molecule has 0 saturated carbocycles. The van der Waals surface area contributed by atoms with Crippen molar-refractivity contribution in [2.45, 2.75) is 20.8 Å². The molecule has 1 aromatic rings. The molecule has 0 spiro atoms. The second-order valence-corrected chi connectivity index (χ2v) is 5.32. The Morgan fingerprint density at radius 3 is 2.47 bits per heavy atom. The van der Waals surface area contributed by atoms with Gasteiger partial charge in [-0.2, -0.15) is 0 Å². The van der Waals surface area contributed by atoms with Gasteiger partial charge < -0.3 is 5.73 Å². The Kier molecular flexibility index (Phi) is 5.70. The van der Waals surface area contributed by atoms with E-state index >= 15 is 0 Å². The Balaban J connectivity index is 2.72. The molecule has 0 unspecified atom stereocenters. The van der Waals surface area contributed by atoms with E-state index in [0.717, 1.165) is 5.56 Å². The molecule has 19 heavy (non-hydrogen) atoms. The number of primary amides is 1. The lowest BCUT2D eigenvalue weighted by Gasteiger charge is -2.21. The van der Waals surface area contributed by atoms with Gasteiger partial charge in [-0.15, -0.1) is 0 Å². The summed E-state index contributed by atoms with van der Waals surface area (Å²) in [5.41, 5.74) is 6.95. The normalized spacial score (nSPS) is 11.0. The number of ketones is 1. The van der Waals surface area contributed by atoms with Crippen molar-refractivity contribution in [3.05, 3.63) is 35.4 Å². The number of rotatable bonds is 7. The molecule has 1 rings (SSSR count). The molecule has 104 valence electrons. The van der Waals surface area contributed by atoms with E-state index in [9.17, 15) is 9.59 Å². The second kappa shape index (κ2) is 7.04. The van der Waals surface area contributed by atoms with Crippen LogP contribution in [0.1, 0.15) is 29.8 Å². The Morgan fingerprint density at radius 2 is 1.95 bits per heavy atom. The van der Waals surface area contributed by atoms with Gasteiger partial charge in [-0.05, 0) is 18.9 Å². The van der Waals surface area contributed by atoms with Crippen LogP contribution >= 0.6 is 0 Å². The highest BCUT2D eigenvalue weighted by molar-refractivity contribution is 5.98. The molecule has 0 aliphatic heterocycles. The molecule has 1 aromatic carbocycles. The van der Waals surface area contributed by atoms with Crippen LogP contribution in [0.15, 0.2) is 24.3 Å². The molecule has 0 fully saturated rings. The Bertz CT molecular complexity index is 455. The fraction of sp³-hybridized carbons (Fsp3) is 0.467. The maximum Gasteiger partial charge on any atom is 0.231 e. The topological polar surface area (TPSA) is 63.4 Å². The minimum Gasteiger partial charge on any atom is -0.369 e. The zero-order valence-corrected chi connectivity index (χ0v) is 11.8. The number of aryl methyl sites for hydroxylation is 1. The smallest absolute Gasteiger partial charge is 0.231 e. The van der Waals surface area contributed by atoms with Gasteiger partial charge in [-0.1, -0.05) is 37.6 Å². The van der Waals surface area contributed by atoms with Crippen molar-refractivity contribution in [2.75, 3.05) is 19.6 Å². The van der Waals surface area contributed by atoms with Gasteiger partial charge in [0.15, 0.2) is 5.78 Å².